The number of carbonyl (C=O) groups is 2. The van der Waals surface area contributed by atoms with Gasteiger partial charge >= 0.3 is 0 Å². The maximum atomic E-state index is 12.2. The van der Waals surface area contributed by atoms with Crippen LogP contribution in [0.5, 0.6) is 5.75 Å². The van der Waals surface area contributed by atoms with E-state index >= 15 is 0 Å². The standard InChI is InChI=1S/C17H22Cl2N2O3/c1-11(2)20-17(23)12-5-7-21(8-6-12)16(22)10-24-15-4-3-13(18)9-14(15)19/h3-4,9,11-12H,5-8,10H2,1-2H3,(H,20,23). The van der Waals surface area contributed by atoms with Crippen LogP contribution in [0.1, 0.15) is 26.7 Å². The van der Waals surface area contributed by atoms with Crippen LogP contribution >= 0.6 is 23.2 Å². The Kier molecular flexibility index (Phi) is 6.75. The molecule has 0 aromatic heterocycles. The van der Waals surface area contributed by atoms with Gasteiger partial charge in [0, 0.05) is 30.1 Å². The van der Waals surface area contributed by atoms with Crippen LogP contribution in [0.15, 0.2) is 18.2 Å². The Balaban J connectivity index is 1.79. The minimum atomic E-state index is -0.108. The fraction of sp³-hybridized carbons (Fsp3) is 0.529. The summed E-state index contributed by atoms with van der Waals surface area (Å²) < 4.78 is 5.47. The maximum Gasteiger partial charge on any atom is 0.260 e. The highest BCUT2D eigenvalue weighted by atomic mass is 35.5. The number of amides is 2. The van der Waals surface area contributed by atoms with Gasteiger partial charge < -0.3 is 15.0 Å². The number of ether oxygens (including phenoxy) is 1. The summed E-state index contributed by atoms with van der Waals surface area (Å²) in [4.78, 5) is 26.0. The molecule has 1 aliphatic rings. The van der Waals surface area contributed by atoms with E-state index in [-0.39, 0.29) is 30.4 Å². The largest absolute Gasteiger partial charge is 0.482 e. The number of piperidine rings is 1. The molecular formula is C17H22Cl2N2O3. The van der Waals surface area contributed by atoms with Gasteiger partial charge in [0.1, 0.15) is 5.75 Å². The quantitative estimate of drug-likeness (QED) is 0.863. The summed E-state index contributed by atoms with van der Waals surface area (Å²) in [6.07, 6.45) is 1.35. The first-order valence-corrected chi connectivity index (χ1v) is 8.78. The molecule has 0 radical (unpaired) electrons. The third-order valence-electron chi connectivity index (χ3n) is 3.89. The van der Waals surface area contributed by atoms with Gasteiger partial charge in [0.2, 0.25) is 5.91 Å². The first-order valence-electron chi connectivity index (χ1n) is 8.03. The van der Waals surface area contributed by atoms with Crippen molar-refractivity contribution in [2.24, 2.45) is 5.92 Å². The fourth-order valence-corrected chi connectivity index (χ4v) is 3.08. The molecule has 0 aliphatic carbocycles. The fourth-order valence-electron chi connectivity index (χ4n) is 2.62. The van der Waals surface area contributed by atoms with Crippen molar-refractivity contribution in [2.45, 2.75) is 32.7 Å². The van der Waals surface area contributed by atoms with Gasteiger partial charge in [0.25, 0.3) is 5.91 Å². The molecule has 1 N–H and O–H groups in total. The van der Waals surface area contributed by atoms with E-state index in [0.717, 1.165) is 0 Å². The highest BCUT2D eigenvalue weighted by Crippen LogP contribution is 2.27. The van der Waals surface area contributed by atoms with Crippen molar-refractivity contribution >= 4 is 35.0 Å². The number of hydrogen-bond acceptors (Lipinski definition) is 3. The molecule has 1 aromatic rings. The van der Waals surface area contributed by atoms with Crippen LogP contribution in [0.3, 0.4) is 0 Å². The highest BCUT2D eigenvalue weighted by Gasteiger charge is 2.27. The third-order valence-corrected chi connectivity index (χ3v) is 4.42. The second-order valence-corrected chi connectivity index (χ2v) is 7.03. The molecule has 1 aliphatic heterocycles. The number of nitrogens with zero attached hydrogens (tertiary/aromatic N) is 1. The Morgan fingerprint density at radius 3 is 2.54 bits per heavy atom. The molecule has 0 bridgehead atoms. The van der Waals surface area contributed by atoms with Gasteiger partial charge in [-0.3, -0.25) is 9.59 Å². The second kappa shape index (κ2) is 8.58. The van der Waals surface area contributed by atoms with Crippen LogP contribution in [0, 0.1) is 5.92 Å². The van der Waals surface area contributed by atoms with E-state index in [9.17, 15) is 9.59 Å². The lowest BCUT2D eigenvalue weighted by Gasteiger charge is -2.31. The van der Waals surface area contributed by atoms with E-state index in [2.05, 4.69) is 5.32 Å². The zero-order chi connectivity index (χ0) is 17.7. The SMILES string of the molecule is CC(C)NC(=O)C1CCN(C(=O)COc2ccc(Cl)cc2Cl)CC1. The normalized spacial score (nSPS) is 15.5. The molecule has 1 heterocycles. The van der Waals surface area contributed by atoms with Gasteiger partial charge in [-0.15, -0.1) is 0 Å². The zero-order valence-corrected chi connectivity index (χ0v) is 15.4. The van der Waals surface area contributed by atoms with Gasteiger partial charge in [-0.2, -0.15) is 0 Å². The minimum Gasteiger partial charge on any atom is -0.482 e. The summed E-state index contributed by atoms with van der Waals surface area (Å²) in [5.41, 5.74) is 0. The Labute approximate surface area is 152 Å². The second-order valence-electron chi connectivity index (χ2n) is 6.18. The predicted molar refractivity (Wildman–Crippen MR) is 94.5 cm³/mol. The van der Waals surface area contributed by atoms with Gasteiger partial charge in [-0.25, -0.2) is 0 Å². The minimum absolute atomic E-state index is 0.0249. The molecule has 2 rings (SSSR count). The lowest BCUT2D eigenvalue weighted by atomic mass is 9.95. The van der Waals surface area contributed by atoms with Crippen LogP contribution in [-0.2, 0) is 9.59 Å². The first kappa shape index (κ1) is 18.9. The summed E-state index contributed by atoms with van der Waals surface area (Å²) in [5, 5.41) is 3.81. The summed E-state index contributed by atoms with van der Waals surface area (Å²) in [5.74, 6) is 0.369. The third kappa shape index (κ3) is 5.28. The van der Waals surface area contributed by atoms with Crippen molar-refractivity contribution in [3.63, 3.8) is 0 Å². The van der Waals surface area contributed by atoms with Gasteiger partial charge in [-0.05, 0) is 44.9 Å². The summed E-state index contributed by atoms with van der Waals surface area (Å²) in [6, 6.07) is 5.00. The van der Waals surface area contributed by atoms with Crippen molar-refractivity contribution in [3.05, 3.63) is 28.2 Å². The van der Waals surface area contributed by atoms with E-state index in [1.807, 2.05) is 13.8 Å². The van der Waals surface area contributed by atoms with Crippen molar-refractivity contribution < 1.29 is 14.3 Å². The zero-order valence-electron chi connectivity index (χ0n) is 13.9. The van der Waals surface area contributed by atoms with Crippen molar-refractivity contribution in [1.82, 2.24) is 10.2 Å². The van der Waals surface area contributed by atoms with E-state index in [4.69, 9.17) is 27.9 Å². The number of hydrogen-bond donors (Lipinski definition) is 1. The lowest BCUT2D eigenvalue weighted by Crippen LogP contribution is -2.45. The van der Waals surface area contributed by atoms with E-state index in [1.165, 1.54) is 0 Å². The van der Waals surface area contributed by atoms with Crippen LogP contribution < -0.4 is 10.1 Å². The Morgan fingerprint density at radius 1 is 1.29 bits per heavy atom. The average Bonchev–Trinajstić information content (AvgIpc) is 2.53. The van der Waals surface area contributed by atoms with E-state index in [1.54, 1.807) is 23.1 Å². The molecule has 0 spiro atoms. The van der Waals surface area contributed by atoms with Crippen LogP contribution in [0.2, 0.25) is 10.0 Å². The molecule has 1 fully saturated rings. The highest BCUT2D eigenvalue weighted by molar-refractivity contribution is 6.35. The molecule has 2 amide bonds. The van der Waals surface area contributed by atoms with E-state index in [0.29, 0.717) is 41.7 Å². The molecule has 7 heteroatoms. The van der Waals surface area contributed by atoms with Crippen LogP contribution in [0.25, 0.3) is 0 Å². The Bertz CT molecular complexity index is 599. The molecule has 0 atom stereocenters. The molecule has 1 saturated heterocycles. The van der Waals surface area contributed by atoms with Crippen LogP contribution in [0.4, 0.5) is 0 Å². The monoisotopic (exact) mass is 372 g/mol. The summed E-state index contributed by atoms with van der Waals surface area (Å²) in [7, 11) is 0. The van der Waals surface area contributed by atoms with Crippen molar-refractivity contribution in [1.29, 1.82) is 0 Å². The molecule has 5 nitrogen and oxygen atoms in total. The molecule has 24 heavy (non-hydrogen) atoms. The number of rotatable bonds is 5. The summed E-state index contributed by atoms with van der Waals surface area (Å²) in [6.45, 7) is 4.93. The Hall–Kier alpha value is -1.46. The van der Waals surface area contributed by atoms with Crippen molar-refractivity contribution in [3.8, 4) is 5.75 Å². The smallest absolute Gasteiger partial charge is 0.260 e. The summed E-state index contributed by atoms with van der Waals surface area (Å²) >= 11 is 11.8. The topological polar surface area (TPSA) is 58.6 Å². The number of nitrogens with one attached hydrogen (secondary N) is 1. The van der Waals surface area contributed by atoms with Crippen LogP contribution in [-0.4, -0.2) is 42.5 Å². The number of benzene rings is 1. The lowest BCUT2D eigenvalue weighted by molar-refractivity contribution is -0.137. The van der Waals surface area contributed by atoms with Crippen molar-refractivity contribution in [2.75, 3.05) is 19.7 Å². The number of likely N-dealkylation sites (tertiary alicyclic amines) is 1. The first-order chi connectivity index (χ1) is 11.4. The predicted octanol–water partition coefficient (Wildman–Crippen LogP) is 3.14. The number of carbonyl (C=O) groups excluding carboxylic acids is 2. The molecule has 0 unspecified atom stereocenters. The van der Waals surface area contributed by atoms with Gasteiger partial charge in [-0.1, -0.05) is 23.2 Å². The van der Waals surface area contributed by atoms with Gasteiger partial charge in [0.05, 0.1) is 5.02 Å². The molecular weight excluding hydrogens is 351 g/mol. The average molecular weight is 373 g/mol. The maximum absolute atomic E-state index is 12.2. The Morgan fingerprint density at radius 2 is 1.96 bits per heavy atom. The van der Waals surface area contributed by atoms with E-state index < -0.39 is 0 Å². The molecule has 132 valence electrons. The molecule has 1 aromatic carbocycles. The molecule has 0 saturated carbocycles. The van der Waals surface area contributed by atoms with Gasteiger partial charge in [0.15, 0.2) is 6.61 Å². The number of halogens is 2.